The molecule has 0 atom stereocenters. The van der Waals surface area contributed by atoms with Crippen molar-refractivity contribution >= 4 is 9.05 Å². The van der Waals surface area contributed by atoms with Gasteiger partial charge in [-0.25, -0.2) is 0 Å². The van der Waals surface area contributed by atoms with Crippen LogP contribution in [0.15, 0.2) is 0 Å². The molecule has 0 aliphatic rings. The SMILES string of the molecule is CC[N+](CC)(CC)CCO.CC[N+](CC)(CC)CCO.CC[N+](CC)(CC)CCO.CC[N+](CC)(CC)CCO.[O-][Si]([O-])([O-])[O-]. The summed E-state index contributed by atoms with van der Waals surface area (Å²) in [5, 5.41) is 35.1. The maximum Gasteiger partial charge on any atom is 0.102 e. The van der Waals surface area contributed by atoms with E-state index >= 15 is 0 Å². The predicted octanol–water partition coefficient (Wildman–Crippen LogP) is -1.72. The van der Waals surface area contributed by atoms with Crippen molar-refractivity contribution in [2.75, 3.05) is 131 Å². The van der Waals surface area contributed by atoms with Crippen molar-refractivity contribution in [3.63, 3.8) is 0 Å². The van der Waals surface area contributed by atoms with Crippen LogP contribution >= 0.6 is 0 Å². The molecule has 0 bridgehead atoms. The molecule has 0 unspecified atom stereocenters. The molecule has 0 aliphatic carbocycles. The molecule has 0 aliphatic heterocycles. The summed E-state index contributed by atoms with van der Waals surface area (Å²) < 4.78 is 4.21. The van der Waals surface area contributed by atoms with Gasteiger partial charge in [-0.1, -0.05) is 0 Å². The second-order valence-corrected chi connectivity index (χ2v) is 12.5. The minimum Gasteiger partial charge on any atom is -0.894 e. The van der Waals surface area contributed by atoms with Crippen LogP contribution in [0.5, 0.6) is 0 Å². The van der Waals surface area contributed by atoms with Crippen molar-refractivity contribution < 1.29 is 57.5 Å². The van der Waals surface area contributed by atoms with Crippen LogP contribution < -0.4 is 19.2 Å². The van der Waals surface area contributed by atoms with Gasteiger partial charge in [-0.3, -0.25) is 0 Å². The van der Waals surface area contributed by atoms with E-state index in [-0.39, 0.29) is 0 Å². The summed E-state index contributed by atoms with van der Waals surface area (Å²) in [6.07, 6.45) is 0. The van der Waals surface area contributed by atoms with Crippen LogP contribution in [0.4, 0.5) is 0 Å². The summed E-state index contributed by atoms with van der Waals surface area (Å²) in [6, 6.07) is 0. The molecular formula is C32H80N4O8Si. The molecule has 0 aromatic carbocycles. The third kappa shape index (κ3) is 28.5. The lowest BCUT2D eigenvalue weighted by Crippen LogP contribution is -2.82. The standard InChI is InChI=1S/4C8H20NO.O4Si/c4*1-4-9(5-2,6-3)7-8-10;1-5(2,3)4/h4*10H,4-8H2,1-3H3;/q4*+1;-4. The topological polar surface area (TPSA) is 173 Å². The first-order valence-electron chi connectivity index (χ1n) is 17.6. The monoisotopic (exact) mass is 677 g/mol. The summed E-state index contributed by atoms with van der Waals surface area (Å²) in [4.78, 5) is 34.3. The van der Waals surface area contributed by atoms with Gasteiger partial charge >= 0.3 is 0 Å². The highest BCUT2D eigenvalue weighted by atomic mass is 28.4. The van der Waals surface area contributed by atoms with Crippen molar-refractivity contribution in [2.24, 2.45) is 0 Å². The number of hydrogen-bond donors (Lipinski definition) is 4. The fourth-order valence-corrected chi connectivity index (χ4v) is 5.43. The third-order valence-electron chi connectivity index (χ3n) is 10.3. The first-order valence-corrected chi connectivity index (χ1v) is 19.3. The zero-order valence-corrected chi connectivity index (χ0v) is 32.9. The van der Waals surface area contributed by atoms with Gasteiger partial charge in [-0.05, 0) is 83.1 Å². The van der Waals surface area contributed by atoms with E-state index in [4.69, 9.17) is 39.6 Å². The minimum absolute atomic E-state index is 0.315. The Labute approximate surface area is 280 Å². The molecule has 0 radical (unpaired) electrons. The van der Waals surface area contributed by atoms with Crippen LogP contribution in [0.1, 0.15) is 83.1 Å². The number of likely N-dealkylation sites (N-methyl/N-ethyl adjacent to an activating group) is 4. The first kappa shape index (κ1) is 54.2. The van der Waals surface area contributed by atoms with Crippen molar-refractivity contribution in [3.8, 4) is 0 Å². The van der Waals surface area contributed by atoms with E-state index in [9.17, 15) is 0 Å². The lowest BCUT2D eigenvalue weighted by molar-refractivity contribution is -0.923. The molecule has 0 aromatic heterocycles. The maximum absolute atomic E-state index is 8.78. The Hall–Kier alpha value is -0.263. The van der Waals surface area contributed by atoms with Crippen LogP contribution in [-0.4, -0.2) is 179 Å². The van der Waals surface area contributed by atoms with E-state index in [1.165, 1.54) is 0 Å². The molecule has 0 aromatic rings. The van der Waals surface area contributed by atoms with E-state index in [1.807, 2.05) is 0 Å². The zero-order chi connectivity index (χ0) is 36.6. The van der Waals surface area contributed by atoms with Crippen molar-refractivity contribution in [2.45, 2.75) is 83.1 Å². The number of rotatable bonds is 20. The Balaban J connectivity index is -0.000000150. The van der Waals surface area contributed by atoms with Gasteiger partial charge in [0.25, 0.3) is 0 Å². The molecular weight excluding hydrogens is 596 g/mol. The quantitative estimate of drug-likeness (QED) is 0.0871. The van der Waals surface area contributed by atoms with Crippen LogP contribution in [0.2, 0.25) is 0 Å². The second kappa shape index (κ2) is 32.3. The molecule has 45 heavy (non-hydrogen) atoms. The molecule has 0 spiro atoms. The van der Waals surface area contributed by atoms with Gasteiger partial charge < -0.3 is 66.6 Å². The van der Waals surface area contributed by atoms with Gasteiger partial charge in [0.2, 0.25) is 0 Å². The van der Waals surface area contributed by atoms with E-state index in [1.54, 1.807) is 0 Å². The molecule has 280 valence electrons. The Morgan fingerprint density at radius 2 is 0.400 bits per heavy atom. The largest absolute Gasteiger partial charge is 0.894 e. The Kier molecular flexibility index (Phi) is 38.9. The Bertz CT molecular complexity index is 459. The van der Waals surface area contributed by atoms with Crippen LogP contribution in [0.3, 0.4) is 0 Å². The van der Waals surface area contributed by atoms with Gasteiger partial charge in [0.15, 0.2) is 0 Å². The zero-order valence-electron chi connectivity index (χ0n) is 31.9. The number of nitrogens with zero attached hydrogens (tertiary/aromatic N) is 4. The van der Waals surface area contributed by atoms with Gasteiger partial charge in [0.1, 0.15) is 26.2 Å². The summed E-state index contributed by atoms with van der Waals surface area (Å²) in [5.41, 5.74) is 0. The highest BCUT2D eigenvalue weighted by Gasteiger charge is 2.21. The number of hydrogen-bond acceptors (Lipinski definition) is 8. The van der Waals surface area contributed by atoms with E-state index in [2.05, 4.69) is 83.1 Å². The summed E-state index contributed by atoms with van der Waals surface area (Å²) in [7, 11) is -5.61. The van der Waals surface area contributed by atoms with E-state index in [0.29, 0.717) is 26.4 Å². The fourth-order valence-electron chi connectivity index (χ4n) is 5.43. The summed E-state index contributed by atoms with van der Waals surface area (Å²) >= 11 is 0. The number of aliphatic hydroxyl groups is 4. The van der Waals surface area contributed by atoms with Crippen molar-refractivity contribution in [1.29, 1.82) is 0 Å². The van der Waals surface area contributed by atoms with E-state index < -0.39 is 9.05 Å². The molecule has 13 heteroatoms. The lowest BCUT2D eigenvalue weighted by atomic mass is 10.3. The van der Waals surface area contributed by atoms with Crippen LogP contribution in [-0.2, 0) is 0 Å². The van der Waals surface area contributed by atoms with Crippen LogP contribution in [0.25, 0.3) is 0 Å². The maximum atomic E-state index is 8.78. The van der Waals surface area contributed by atoms with Crippen molar-refractivity contribution in [1.82, 2.24) is 0 Å². The molecule has 0 rings (SSSR count). The highest BCUT2D eigenvalue weighted by Crippen LogP contribution is 2.06. The molecule has 12 nitrogen and oxygen atoms in total. The molecule has 0 saturated carbocycles. The minimum atomic E-state index is -5.61. The van der Waals surface area contributed by atoms with E-state index in [0.717, 1.165) is 123 Å². The van der Waals surface area contributed by atoms with Gasteiger partial charge in [0.05, 0.1) is 105 Å². The third-order valence-corrected chi connectivity index (χ3v) is 10.3. The number of aliphatic hydroxyl groups excluding tert-OH is 4. The molecule has 0 saturated heterocycles. The normalized spacial score (nSPS) is 12.0. The first-order chi connectivity index (χ1) is 21.0. The van der Waals surface area contributed by atoms with Gasteiger partial charge in [0, 0.05) is 0 Å². The van der Waals surface area contributed by atoms with Gasteiger partial charge in [-0.15, -0.1) is 0 Å². The second-order valence-electron chi connectivity index (χ2n) is 11.5. The molecule has 0 fully saturated rings. The number of quaternary nitrogens is 4. The Morgan fingerprint density at radius 1 is 0.311 bits per heavy atom. The molecule has 0 heterocycles. The summed E-state index contributed by atoms with van der Waals surface area (Å²) in [6.45, 7) is 44.7. The van der Waals surface area contributed by atoms with Crippen molar-refractivity contribution in [3.05, 3.63) is 0 Å². The van der Waals surface area contributed by atoms with Crippen LogP contribution in [0, 0.1) is 0 Å². The highest BCUT2D eigenvalue weighted by molar-refractivity contribution is 6.38. The average molecular weight is 677 g/mol. The van der Waals surface area contributed by atoms with Gasteiger partial charge in [-0.2, -0.15) is 0 Å². The smallest absolute Gasteiger partial charge is 0.102 e. The summed E-state index contributed by atoms with van der Waals surface area (Å²) in [5.74, 6) is 0. The average Bonchev–Trinajstić information content (AvgIpc) is 3.04. The molecule has 4 N–H and O–H groups in total. The Morgan fingerprint density at radius 3 is 0.422 bits per heavy atom. The lowest BCUT2D eigenvalue weighted by Gasteiger charge is -2.67. The fraction of sp³-hybridized carbons (Fsp3) is 1.00. The molecule has 0 amide bonds. The predicted molar refractivity (Wildman–Crippen MR) is 181 cm³/mol.